The molecule has 3 aliphatic rings. The van der Waals surface area contributed by atoms with Gasteiger partial charge in [-0.15, -0.1) is 0 Å². The smallest absolute Gasteiger partial charge is 0.290 e. The molecule has 5 rings (SSSR count). The van der Waals surface area contributed by atoms with E-state index in [4.69, 9.17) is 14.6 Å². The van der Waals surface area contributed by atoms with Crippen LogP contribution in [0.3, 0.4) is 0 Å². The number of H-pyrrole nitrogens is 1. The van der Waals surface area contributed by atoms with Crippen LogP contribution >= 0.6 is 0 Å². The summed E-state index contributed by atoms with van der Waals surface area (Å²) in [4.78, 5) is 26.3. The van der Waals surface area contributed by atoms with E-state index in [1.807, 2.05) is 12.1 Å². The minimum Gasteiger partial charge on any atom is -0.483 e. The second-order valence-corrected chi connectivity index (χ2v) is 9.06. The highest BCUT2D eigenvalue weighted by atomic mass is 16.5. The standard InChI is InChI=1S/C22H31N5O2.CH2O2/c1-4-27-15(3)17(14(2)25-27)11-26-12-18-16(20-7-8-22(18,13-26)29-20)10-24-21(28)19-6-5-9-23-19;2-1-3/h5-6,9,16,18,20,23H,4,7-8,10-13H2,1-3H3,(H,24,28);1H,(H,2,3)/t16-,18+,20+,22+;/m0./s1. The summed E-state index contributed by atoms with van der Waals surface area (Å²) < 4.78 is 8.65. The molecule has 1 amide bonds. The van der Waals surface area contributed by atoms with Crippen LogP contribution < -0.4 is 5.32 Å². The minimum absolute atomic E-state index is 0.0188. The van der Waals surface area contributed by atoms with E-state index in [1.54, 1.807) is 6.20 Å². The number of aromatic nitrogens is 3. The molecule has 2 aromatic rings. The monoisotopic (exact) mass is 443 g/mol. The number of carbonyl (C=O) groups is 2. The molecule has 1 spiro atoms. The summed E-state index contributed by atoms with van der Waals surface area (Å²) in [5.74, 6) is 0.861. The van der Waals surface area contributed by atoms with E-state index >= 15 is 0 Å². The Labute approximate surface area is 188 Å². The largest absolute Gasteiger partial charge is 0.483 e. The number of carboxylic acid groups (broad SMARTS) is 1. The van der Waals surface area contributed by atoms with Gasteiger partial charge in [-0.3, -0.25) is 19.2 Å². The molecule has 3 aliphatic heterocycles. The molecule has 3 fully saturated rings. The quantitative estimate of drug-likeness (QED) is 0.589. The third-order valence-electron chi connectivity index (χ3n) is 7.41. The number of hydrogen-bond acceptors (Lipinski definition) is 5. The summed E-state index contributed by atoms with van der Waals surface area (Å²) in [5.41, 5.74) is 4.37. The molecule has 9 nitrogen and oxygen atoms in total. The van der Waals surface area contributed by atoms with Gasteiger partial charge in [-0.25, -0.2) is 0 Å². The fraction of sp³-hybridized carbons (Fsp3) is 0.609. The lowest BCUT2D eigenvalue weighted by molar-refractivity contribution is -0.122. The van der Waals surface area contributed by atoms with Crippen molar-refractivity contribution >= 4 is 12.4 Å². The molecule has 9 heteroatoms. The minimum atomic E-state index is -0.250. The van der Waals surface area contributed by atoms with Crippen LogP contribution in [-0.2, 0) is 22.6 Å². The number of amides is 1. The van der Waals surface area contributed by atoms with Crippen molar-refractivity contribution in [1.82, 2.24) is 25.0 Å². The zero-order valence-corrected chi connectivity index (χ0v) is 19.0. The fourth-order valence-electron chi connectivity index (χ4n) is 5.95. The maximum Gasteiger partial charge on any atom is 0.290 e. The summed E-state index contributed by atoms with van der Waals surface area (Å²) in [7, 11) is 0. The van der Waals surface area contributed by atoms with Crippen LogP contribution in [0, 0.1) is 25.7 Å². The van der Waals surface area contributed by atoms with Gasteiger partial charge in [0.15, 0.2) is 0 Å². The van der Waals surface area contributed by atoms with E-state index in [-0.39, 0.29) is 24.1 Å². The Kier molecular flexibility index (Phi) is 6.39. The van der Waals surface area contributed by atoms with Gasteiger partial charge in [-0.1, -0.05) is 0 Å². The number of hydrogen-bond donors (Lipinski definition) is 3. The SMILES string of the molecule is CCn1nc(C)c(CN2C[C@@H]3[C@H](CNC(=O)c4ccc[nH]4)[C@H]4CC[C@]3(C2)O4)c1C.O=CO. The van der Waals surface area contributed by atoms with Gasteiger partial charge < -0.3 is 20.1 Å². The second kappa shape index (κ2) is 9.07. The van der Waals surface area contributed by atoms with Gasteiger partial charge in [0, 0.05) is 62.0 Å². The number of nitrogens with zero attached hydrogens (tertiary/aromatic N) is 3. The molecule has 0 aromatic carbocycles. The predicted octanol–water partition coefficient (Wildman–Crippen LogP) is 1.96. The lowest BCUT2D eigenvalue weighted by Crippen LogP contribution is -2.42. The van der Waals surface area contributed by atoms with Crippen LogP contribution in [-0.4, -0.2) is 68.5 Å². The average Bonchev–Trinajstić information content (AvgIpc) is 3.57. The van der Waals surface area contributed by atoms with Crippen molar-refractivity contribution in [2.45, 2.75) is 58.4 Å². The van der Waals surface area contributed by atoms with Gasteiger partial charge in [-0.2, -0.15) is 5.10 Å². The van der Waals surface area contributed by atoms with Crippen molar-refractivity contribution in [3.05, 3.63) is 41.0 Å². The predicted molar refractivity (Wildman–Crippen MR) is 118 cm³/mol. The Morgan fingerprint density at radius 3 is 2.91 bits per heavy atom. The van der Waals surface area contributed by atoms with Gasteiger partial charge in [0.2, 0.25) is 0 Å². The third-order valence-corrected chi connectivity index (χ3v) is 7.41. The molecule has 32 heavy (non-hydrogen) atoms. The van der Waals surface area contributed by atoms with Crippen molar-refractivity contribution < 1.29 is 19.4 Å². The first-order chi connectivity index (χ1) is 15.4. The maximum atomic E-state index is 12.4. The van der Waals surface area contributed by atoms with E-state index in [9.17, 15) is 4.79 Å². The highest BCUT2D eigenvalue weighted by Gasteiger charge is 2.62. The van der Waals surface area contributed by atoms with Gasteiger partial charge in [0.05, 0.1) is 17.4 Å². The van der Waals surface area contributed by atoms with Crippen LogP contribution in [0.5, 0.6) is 0 Å². The number of likely N-dealkylation sites (tertiary alicyclic amines) is 1. The summed E-state index contributed by atoms with van der Waals surface area (Å²) in [6.45, 7) is 10.7. The zero-order valence-electron chi connectivity index (χ0n) is 19.0. The van der Waals surface area contributed by atoms with Gasteiger partial charge in [0.1, 0.15) is 5.69 Å². The number of aromatic amines is 1. The van der Waals surface area contributed by atoms with E-state index in [0.29, 0.717) is 24.1 Å². The highest BCUT2D eigenvalue weighted by molar-refractivity contribution is 5.92. The second-order valence-electron chi connectivity index (χ2n) is 9.06. The van der Waals surface area contributed by atoms with Gasteiger partial charge in [-0.05, 0) is 45.7 Å². The fourth-order valence-corrected chi connectivity index (χ4v) is 5.95. The number of nitrogens with one attached hydrogen (secondary N) is 2. The number of ether oxygens (including phenoxy) is 1. The summed E-state index contributed by atoms with van der Waals surface area (Å²) in [6.07, 6.45) is 4.33. The van der Waals surface area contributed by atoms with Gasteiger partial charge >= 0.3 is 0 Å². The van der Waals surface area contributed by atoms with E-state index in [2.05, 4.69) is 45.8 Å². The average molecular weight is 444 g/mol. The normalized spacial score (nSPS) is 28.3. The molecule has 0 aliphatic carbocycles. The van der Waals surface area contributed by atoms with E-state index in [0.717, 1.165) is 44.7 Å². The Hall–Kier alpha value is -2.65. The van der Waals surface area contributed by atoms with Crippen molar-refractivity contribution in [2.24, 2.45) is 11.8 Å². The Balaban J connectivity index is 0.000000775. The first kappa shape index (κ1) is 22.5. The molecule has 3 saturated heterocycles. The van der Waals surface area contributed by atoms with E-state index < -0.39 is 0 Å². The van der Waals surface area contributed by atoms with E-state index in [1.165, 1.54) is 11.3 Å². The number of carbonyl (C=O) groups excluding carboxylic acids is 1. The number of rotatable bonds is 6. The summed E-state index contributed by atoms with van der Waals surface area (Å²) >= 11 is 0. The first-order valence-electron chi connectivity index (χ1n) is 11.3. The molecule has 2 aromatic heterocycles. The van der Waals surface area contributed by atoms with Crippen molar-refractivity contribution in [1.29, 1.82) is 0 Å². The van der Waals surface area contributed by atoms with Crippen LogP contribution in [0.25, 0.3) is 0 Å². The molecule has 0 saturated carbocycles. The molecular weight excluding hydrogens is 410 g/mol. The lowest BCUT2D eigenvalue weighted by Gasteiger charge is -2.29. The zero-order chi connectivity index (χ0) is 22.9. The highest BCUT2D eigenvalue weighted by Crippen LogP contribution is 2.54. The topological polar surface area (TPSA) is 112 Å². The number of fused-ring (bicyclic) bond motifs is 1. The molecule has 2 bridgehead atoms. The summed E-state index contributed by atoms with van der Waals surface area (Å²) in [6, 6.07) is 3.66. The van der Waals surface area contributed by atoms with Crippen LogP contribution in [0.4, 0.5) is 0 Å². The Bertz CT molecular complexity index is 956. The molecule has 5 heterocycles. The number of aryl methyl sites for hydroxylation is 2. The van der Waals surface area contributed by atoms with Crippen LogP contribution in [0.2, 0.25) is 0 Å². The molecule has 174 valence electrons. The molecule has 0 unspecified atom stereocenters. The van der Waals surface area contributed by atoms with Crippen molar-refractivity contribution in [2.75, 3.05) is 19.6 Å². The Morgan fingerprint density at radius 1 is 1.47 bits per heavy atom. The third kappa shape index (κ3) is 3.95. The molecule has 0 radical (unpaired) electrons. The Morgan fingerprint density at radius 2 is 2.25 bits per heavy atom. The molecule has 3 N–H and O–H groups in total. The summed E-state index contributed by atoms with van der Waals surface area (Å²) in [5, 5.41) is 14.7. The first-order valence-corrected chi connectivity index (χ1v) is 11.3. The van der Waals surface area contributed by atoms with Crippen LogP contribution in [0.1, 0.15) is 47.2 Å². The van der Waals surface area contributed by atoms with Gasteiger partial charge in [0.25, 0.3) is 12.4 Å². The molecule has 4 atom stereocenters. The van der Waals surface area contributed by atoms with Crippen LogP contribution in [0.15, 0.2) is 18.3 Å². The molecular formula is C23H33N5O4. The lowest BCUT2D eigenvalue weighted by atomic mass is 9.73. The van der Waals surface area contributed by atoms with Crippen molar-refractivity contribution in [3.63, 3.8) is 0 Å². The maximum absolute atomic E-state index is 12.4. The van der Waals surface area contributed by atoms with Crippen molar-refractivity contribution in [3.8, 4) is 0 Å².